The topological polar surface area (TPSA) is 79.0 Å². The summed E-state index contributed by atoms with van der Waals surface area (Å²) >= 11 is 0. The molecule has 1 fully saturated rings. The van der Waals surface area contributed by atoms with Crippen LogP contribution in [0.3, 0.4) is 0 Å². The van der Waals surface area contributed by atoms with E-state index in [1.165, 1.54) is 6.07 Å². The Kier molecular flexibility index (Phi) is 7.03. The van der Waals surface area contributed by atoms with Gasteiger partial charge in [-0.05, 0) is 79.9 Å². The number of carbonyl (C=O) groups excluding carboxylic acids is 1. The summed E-state index contributed by atoms with van der Waals surface area (Å²) in [6.45, 7) is 8.01. The van der Waals surface area contributed by atoms with Gasteiger partial charge in [0.25, 0.3) is 15.9 Å². The van der Waals surface area contributed by atoms with E-state index in [9.17, 15) is 13.2 Å². The largest absolute Gasteiger partial charge is 0.497 e. The Morgan fingerprint density at radius 2 is 1.51 bits per heavy atom. The van der Waals surface area contributed by atoms with Crippen LogP contribution in [-0.2, 0) is 10.0 Å². The predicted molar refractivity (Wildman–Crippen MR) is 139 cm³/mol. The van der Waals surface area contributed by atoms with Crippen molar-refractivity contribution >= 4 is 27.3 Å². The average molecular weight is 494 g/mol. The summed E-state index contributed by atoms with van der Waals surface area (Å²) in [5, 5.41) is 0. The van der Waals surface area contributed by atoms with Crippen LogP contribution < -0.4 is 14.4 Å². The molecule has 35 heavy (non-hydrogen) atoms. The van der Waals surface area contributed by atoms with Gasteiger partial charge in [-0.15, -0.1) is 0 Å². The Bertz CT molecular complexity index is 1330. The minimum atomic E-state index is -3.86. The molecule has 0 aromatic heterocycles. The standard InChI is InChI=1S/C27H31N3O4S/c1-19-5-6-20(2)25(17-19)28-35(32,33)26-18-22(8-7-21(26)3)27(31)30-15-13-29(14-16-30)23-9-11-24(34-4)12-10-23/h5-12,17-18,28H,13-16H2,1-4H3. The number of carbonyl (C=O) groups is 1. The number of nitrogens with one attached hydrogen (secondary N) is 1. The minimum absolute atomic E-state index is 0.112. The number of hydrogen-bond acceptors (Lipinski definition) is 5. The number of rotatable bonds is 6. The van der Waals surface area contributed by atoms with Crippen molar-refractivity contribution in [1.82, 2.24) is 4.90 Å². The van der Waals surface area contributed by atoms with E-state index in [0.29, 0.717) is 43.0 Å². The maximum absolute atomic E-state index is 13.2. The molecule has 0 spiro atoms. The van der Waals surface area contributed by atoms with Crippen molar-refractivity contribution in [2.24, 2.45) is 0 Å². The number of amides is 1. The molecule has 3 aromatic carbocycles. The number of ether oxygens (including phenoxy) is 1. The summed E-state index contributed by atoms with van der Waals surface area (Å²) in [7, 11) is -2.22. The van der Waals surface area contributed by atoms with Crippen LogP contribution in [0.4, 0.5) is 11.4 Å². The SMILES string of the molecule is COc1ccc(N2CCN(C(=O)c3ccc(C)c(S(=O)(=O)Nc4cc(C)ccc4C)c3)CC2)cc1. The molecule has 1 heterocycles. The molecular formula is C27H31N3O4S. The molecule has 1 amide bonds. The molecule has 0 atom stereocenters. The number of benzene rings is 3. The van der Waals surface area contributed by atoms with Crippen molar-refractivity contribution < 1.29 is 17.9 Å². The molecular weight excluding hydrogens is 462 g/mol. The maximum Gasteiger partial charge on any atom is 0.262 e. The van der Waals surface area contributed by atoms with Crippen LogP contribution in [0.1, 0.15) is 27.0 Å². The summed E-state index contributed by atoms with van der Waals surface area (Å²) < 4.78 is 34.4. The van der Waals surface area contributed by atoms with Crippen LogP contribution >= 0.6 is 0 Å². The second-order valence-electron chi connectivity index (χ2n) is 8.88. The van der Waals surface area contributed by atoms with E-state index < -0.39 is 10.0 Å². The van der Waals surface area contributed by atoms with Gasteiger partial charge in [-0.1, -0.05) is 18.2 Å². The van der Waals surface area contributed by atoms with Gasteiger partial charge in [0, 0.05) is 37.4 Å². The smallest absolute Gasteiger partial charge is 0.262 e. The molecule has 184 valence electrons. The third-order valence-electron chi connectivity index (χ3n) is 6.37. The third-order valence-corrected chi connectivity index (χ3v) is 7.87. The van der Waals surface area contributed by atoms with E-state index in [-0.39, 0.29) is 10.8 Å². The number of methoxy groups -OCH3 is 1. The molecule has 0 unspecified atom stereocenters. The lowest BCUT2D eigenvalue weighted by Gasteiger charge is -2.36. The quantitative estimate of drug-likeness (QED) is 0.551. The molecule has 7 nitrogen and oxygen atoms in total. The Balaban J connectivity index is 1.49. The van der Waals surface area contributed by atoms with Crippen LogP contribution in [0.15, 0.2) is 65.6 Å². The van der Waals surface area contributed by atoms with Gasteiger partial charge in [-0.25, -0.2) is 8.42 Å². The minimum Gasteiger partial charge on any atom is -0.497 e. The van der Waals surface area contributed by atoms with Crippen LogP contribution in [-0.4, -0.2) is 52.5 Å². The molecule has 0 radical (unpaired) electrons. The summed E-state index contributed by atoms with van der Waals surface area (Å²) in [5.41, 5.74) is 4.37. The average Bonchev–Trinajstić information content (AvgIpc) is 2.86. The zero-order valence-corrected chi connectivity index (χ0v) is 21.4. The number of piperazine rings is 1. The van der Waals surface area contributed by atoms with E-state index in [0.717, 1.165) is 22.6 Å². The molecule has 1 N–H and O–H groups in total. The number of nitrogens with zero attached hydrogens (tertiary/aromatic N) is 2. The first-order valence-electron chi connectivity index (χ1n) is 11.6. The van der Waals surface area contributed by atoms with Gasteiger partial charge in [0.2, 0.25) is 0 Å². The second kappa shape index (κ2) is 10.00. The maximum atomic E-state index is 13.2. The highest BCUT2D eigenvalue weighted by Gasteiger charge is 2.25. The van der Waals surface area contributed by atoms with Crippen molar-refractivity contribution in [3.63, 3.8) is 0 Å². The van der Waals surface area contributed by atoms with E-state index in [4.69, 9.17) is 4.74 Å². The Morgan fingerprint density at radius 3 is 2.17 bits per heavy atom. The number of aryl methyl sites for hydroxylation is 3. The summed E-state index contributed by atoms with van der Waals surface area (Å²) in [5.74, 6) is 0.641. The fourth-order valence-corrected chi connectivity index (χ4v) is 5.60. The highest BCUT2D eigenvalue weighted by Crippen LogP contribution is 2.25. The Hall–Kier alpha value is -3.52. The van der Waals surface area contributed by atoms with Gasteiger partial charge < -0.3 is 14.5 Å². The first-order chi connectivity index (χ1) is 16.7. The zero-order valence-electron chi connectivity index (χ0n) is 20.5. The first-order valence-corrected chi connectivity index (χ1v) is 13.1. The molecule has 0 aliphatic carbocycles. The number of anilines is 2. The highest BCUT2D eigenvalue weighted by atomic mass is 32.2. The lowest BCUT2D eigenvalue weighted by molar-refractivity contribution is 0.0746. The van der Waals surface area contributed by atoms with Crippen molar-refractivity contribution in [3.8, 4) is 5.75 Å². The van der Waals surface area contributed by atoms with Crippen LogP contribution in [0.2, 0.25) is 0 Å². The summed E-state index contributed by atoms with van der Waals surface area (Å²) in [4.78, 5) is 17.4. The first kappa shape index (κ1) is 24.6. The Labute approximate surface area is 207 Å². The van der Waals surface area contributed by atoms with Gasteiger partial charge in [-0.3, -0.25) is 9.52 Å². The van der Waals surface area contributed by atoms with E-state index in [2.05, 4.69) is 9.62 Å². The second-order valence-corrected chi connectivity index (χ2v) is 10.5. The van der Waals surface area contributed by atoms with E-state index in [1.54, 1.807) is 37.1 Å². The van der Waals surface area contributed by atoms with Gasteiger partial charge >= 0.3 is 0 Å². The number of hydrogen-bond donors (Lipinski definition) is 1. The predicted octanol–water partition coefficient (Wildman–Crippen LogP) is 4.38. The summed E-state index contributed by atoms with van der Waals surface area (Å²) in [6, 6.07) is 18.4. The molecule has 3 aromatic rings. The number of sulfonamides is 1. The molecule has 4 rings (SSSR count). The highest BCUT2D eigenvalue weighted by molar-refractivity contribution is 7.92. The fraction of sp³-hybridized carbons (Fsp3) is 0.296. The molecule has 0 saturated carbocycles. The third kappa shape index (κ3) is 5.43. The molecule has 1 aliphatic heterocycles. The molecule has 8 heteroatoms. The van der Waals surface area contributed by atoms with Crippen molar-refractivity contribution in [1.29, 1.82) is 0 Å². The Morgan fingerprint density at radius 1 is 0.857 bits per heavy atom. The van der Waals surface area contributed by atoms with E-state index >= 15 is 0 Å². The van der Waals surface area contributed by atoms with Gasteiger partial charge in [0.1, 0.15) is 5.75 Å². The fourth-order valence-electron chi connectivity index (χ4n) is 4.21. The van der Waals surface area contributed by atoms with Crippen LogP contribution in [0.25, 0.3) is 0 Å². The van der Waals surface area contributed by atoms with Crippen LogP contribution in [0, 0.1) is 20.8 Å². The van der Waals surface area contributed by atoms with Crippen molar-refractivity contribution in [3.05, 3.63) is 82.9 Å². The van der Waals surface area contributed by atoms with Crippen LogP contribution in [0.5, 0.6) is 5.75 Å². The lowest BCUT2D eigenvalue weighted by atomic mass is 10.1. The zero-order chi connectivity index (χ0) is 25.2. The van der Waals surface area contributed by atoms with E-state index in [1.807, 2.05) is 50.2 Å². The normalized spacial score (nSPS) is 14.1. The van der Waals surface area contributed by atoms with Crippen molar-refractivity contribution in [2.75, 3.05) is 42.9 Å². The van der Waals surface area contributed by atoms with Gasteiger partial charge in [-0.2, -0.15) is 0 Å². The monoisotopic (exact) mass is 493 g/mol. The van der Waals surface area contributed by atoms with Gasteiger partial charge in [0.15, 0.2) is 0 Å². The molecule has 1 aliphatic rings. The molecule has 0 bridgehead atoms. The lowest BCUT2D eigenvalue weighted by Crippen LogP contribution is -2.48. The summed E-state index contributed by atoms with van der Waals surface area (Å²) in [6.07, 6.45) is 0. The molecule has 1 saturated heterocycles. The van der Waals surface area contributed by atoms with Crippen molar-refractivity contribution in [2.45, 2.75) is 25.7 Å². The van der Waals surface area contributed by atoms with Gasteiger partial charge in [0.05, 0.1) is 17.7 Å².